The van der Waals surface area contributed by atoms with Crippen LogP contribution in [0.3, 0.4) is 0 Å². The van der Waals surface area contributed by atoms with E-state index >= 15 is 0 Å². The van der Waals surface area contributed by atoms with Gasteiger partial charge in [0.1, 0.15) is 0 Å². The number of carbonyl (C=O) groups excluding carboxylic acids is 1. The number of rotatable bonds is 9. The summed E-state index contributed by atoms with van der Waals surface area (Å²) in [7, 11) is 2.10. The van der Waals surface area contributed by atoms with Gasteiger partial charge in [-0.15, -0.1) is 0 Å². The maximum Gasteiger partial charge on any atom is 0.237 e. The van der Waals surface area contributed by atoms with E-state index in [1.54, 1.807) is 11.9 Å². The van der Waals surface area contributed by atoms with Gasteiger partial charge in [-0.3, -0.25) is 4.79 Å². The van der Waals surface area contributed by atoms with Crippen LogP contribution in [0.5, 0.6) is 0 Å². The molecular weight excluding hydrogens is 266 g/mol. The number of unbranched alkanes of at least 4 members (excludes halogenated alkanes) is 1. The van der Waals surface area contributed by atoms with Gasteiger partial charge in [-0.05, 0) is 20.5 Å². The van der Waals surface area contributed by atoms with Crippen LogP contribution in [0.15, 0.2) is 0 Å². The lowest BCUT2D eigenvalue weighted by atomic mass is 10.3. The molecular formula is C12H27N3O3S. The molecule has 6 nitrogen and oxygen atoms in total. The molecule has 114 valence electrons. The van der Waals surface area contributed by atoms with Crippen LogP contribution >= 0.6 is 0 Å². The highest BCUT2D eigenvalue weighted by Crippen LogP contribution is 2.01. The summed E-state index contributed by atoms with van der Waals surface area (Å²) in [5.74, 6) is -0.155. The Balaban J connectivity index is 4.51. The number of carbonyl (C=O) groups is 1. The summed E-state index contributed by atoms with van der Waals surface area (Å²) in [4.78, 5) is 15.4. The zero-order valence-corrected chi connectivity index (χ0v) is 13.5. The van der Waals surface area contributed by atoms with Gasteiger partial charge in [-0.25, -0.2) is 8.42 Å². The Morgan fingerprint density at radius 2 is 1.63 bits per heavy atom. The summed E-state index contributed by atoms with van der Waals surface area (Å²) >= 11 is 0. The minimum absolute atomic E-state index is 0.0765. The lowest BCUT2D eigenvalue weighted by Crippen LogP contribution is -2.43. The molecule has 0 aliphatic heterocycles. The number of hydrogen-bond acceptors (Lipinski definition) is 4. The molecule has 7 heteroatoms. The summed E-state index contributed by atoms with van der Waals surface area (Å²) < 4.78 is 24.5. The van der Waals surface area contributed by atoms with E-state index in [2.05, 4.69) is 6.92 Å². The molecule has 0 aliphatic rings. The van der Waals surface area contributed by atoms with Crippen molar-refractivity contribution in [3.63, 3.8) is 0 Å². The molecule has 0 aromatic rings. The number of nitrogens with zero attached hydrogens (tertiary/aromatic N) is 3. The minimum Gasteiger partial charge on any atom is -0.345 e. The van der Waals surface area contributed by atoms with Gasteiger partial charge in [0.05, 0.1) is 12.8 Å². The van der Waals surface area contributed by atoms with Gasteiger partial charge in [-0.1, -0.05) is 13.3 Å². The molecule has 0 fully saturated rings. The van der Waals surface area contributed by atoms with Crippen molar-refractivity contribution < 1.29 is 13.2 Å². The molecule has 0 aromatic carbocycles. The predicted molar refractivity (Wildman–Crippen MR) is 77.5 cm³/mol. The van der Waals surface area contributed by atoms with Crippen molar-refractivity contribution in [2.24, 2.45) is 0 Å². The van der Waals surface area contributed by atoms with E-state index in [-0.39, 0.29) is 12.5 Å². The zero-order valence-electron chi connectivity index (χ0n) is 12.7. The largest absolute Gasteiger partial charge is 0.345 e. The number of sulfonamides is 1. The molecule has 0 radical (unpaired) electrons. The molecule has 0 N–H and O–H groups in total. The van der Waals surface area contributed by atoms with Crippen LogP contribution in [0, 0.1) is 0 Å². The Labute approximate surface area is 117 Å². The first kappa shape index (κ1) is 18.3. The highest BCUT2D eigenvalue weighted by atomic mass is 32.2. The molecule has 0 rings (SSSR count). The second kappa shape index (κ2) is 8.50. The second-order valence-electron chi connectivity index (χ2n) is 5.07. The van der Waals surface area contributed by atoms with Gasteiger partial charge in [0.2, 0.25) is 15.9 Å². The third-order valence-electron chi connectivity index (χ3n) is 2.85. The van der Waals surface area contributed by atoms with Crippen molar-refractivity contribution in [3.05, 3.63) is 0 Å². The Hall–Kier alpha value is -0.660. The SMILES string of the molecule is CCCCN(C)C(=O)CN(CCN(C)C)S(C)(=O)=O. The molecule has 0 bridgehead atoms. The molecule has 0 saturated heterocycles. The number of likely N-dealkylation sites (N-methyl/N-ethyl adjacent to an activating group) is 2. The summed E-state index contributed by atoms with van der Waals surface area (Å²) in [5.41, 5.74) is 0. The molecule has 0 spiro atoms. The number of amides is 1. The average molecular weight is 293 g/mol. The van der Waals surface area contributed by atoms with Gasteiger partial charge in [0.15, 0.2) is 0 Å². The van der Waals surface area contributed by atoms with Gasteiger partial charge >= 0.3 is 0 Å². The van der Waals surface area contributed by atoms with Crippen LogP contribution in [0.1, 0.15) is 19.8 Å². The van der Waals surface area contributed by atoms with Crippen LogP contribution in [0.4, 0.5) is 0 Å². The molecule has 0 atom stereocenters. The molecule has 0 saturated carbocycles. The van der Waals surface area contributed by atoms with Crippen molar-refractivity contribution in [2.45, 2.75) is 19.8 Å². The second-order valence-corrected chi connectivity index (χ2v) is 7.05. The van der Waals surface area contributed by atoms with Crippen molar-refractivity contribution in [3.8, 4) is 0 Å². The van der Waals surface area contributed by atoms with Crippen LogP contribution in [-0.4, -0.2) is 82.0 Å². The third-order valence-corrected chi connectivity index (χ3v) is 4.10. The topological polar surface area (TPSA) is 60.9 Å². The van der Waals surface area contributed by atoms with E-state index in [0.29, 0.717) is 19.6 Å². The molecule has 0 heterocycles. The van der Waals surface area contributed by atoms with Gasteiger partial charge in [0.25, 0.3) is 0 Å². The first-order valence-corrected chi connectivity index (χ1v) is 8.37. The summed E-state index contributed by atoms with van der Waals surface area (Å²) in [5, 5.41) is 0. The highest BCUT2D eigenvalue weighted by molar-refractivity contribution is 7.88. The average Bonchev–Trinajstić information content (AvgIpc) is 2.29. The molecule has 19 heavy (non-hydrogen) atoms. The van der Waals surface area contributed by atoms with E-state index in [4.69, 9.17) is 0 Å². The van der Waals surface area contributed by atoms with Crippen LogP contribution in [0.2, 0.25) is 0 Å². The van der Waals surface area contributed by atoms with Crippen molar-refractivity contribution >= 4 is 15.9 Å². The molecule has 1 amide bonds. The molecule has 0 aromatic heterocycles. The molecule has 0 unspecified atom stereocenters. The van der Waals surface area contributed by atoms with Crippen molar-refractivity contribution in [2.75, 3.05) is 53.6 Å². The lowest BCUT2D eigenvalue weighted by Gasteiger charge is -2.24. The summed E-state index contributed by atoms with van der Waals surface area (Å²) in [6.07, 6.45) is 3.08. The Kier molecular flexibility index (Phi) is 8.20. The normalized spacial score (nSPS) is 12.2. The fourth-order valence-electron chi connectivity index (χ4n) is 1.47. The Morgan fingerprint density at radius 1 is 1.05 bits per heavy atom. The van der Waals surface area contributed by atoms with Crippen molar-refractivity contribution in [1.82, 2.24) is 14.1 Å². The zero-order chi connectivity index (χ0) is 15.1. The fourth-order valence-corrected chi connectivity index (χ4v) is 2.22. The van der Waals surface area contributed by atoms with E-state index in [1.165, 1.54) is 4.31 Å². The van der Waals surface area contributed by atoms with E-state index in [1.807, 2.05) is 19.0 Å². The summed E-state index contributed by atoms with van der Waals surface area (Å²) in [6, 6.07) is 0. The fraction of sp³-hybridized carbons (Fsp3) is 0.917. The first-order valence-electron chi connectivity index (χ1n) is 6.52. The van der Waals surface area contributed by atoms with Crippen LogP contribution in [0.25, 0.3) is 0 Å². The monoisotopic (exact) mass is 293 g/mol. The van der Waals surface area contributed by atoms with E-state index < -0.39 is 10.0 Å². The summed E-state index contributed by atoms with van der Waals surface area (Å²) in [6.45, 7) is 3.57. The predicted octanol–water partition coefficient (Wildman–Crippen LogP) is 0.0681. The number of hydrogen-bond donors (Lipinski definition) is 0. The maximum absolute atomic E-state index is 12.0. The third kappa shape index (κ3) is 8.18. The van der Waals surface area contributed by atoms with Crippen molar-refractivity contribution in [1.29, 1.82) is 0 Å². The lowest BCUT2D eigenvalue weighted by molar-refractivity contribution is -0.130. The smallest absolute Gasteiger partial charge is 0.237 e. The van der Waals surface area contributed by atoms with Gasteiger partial charge in [0, 0.05) is 26.7 Å². The minimum atomic E-state index is -3.35. The van der Waals surface area contributed by atoms with Gasteiger partial charge < -0.3 is 9.80 Å². The quantitative estimate of drug-likeness (QED) is 0.603. The maximum atomic E-state index is 12.0. The van der Waals surface area contributed by atoms with E-state index in [0.717, 1.165) is 19.1 Å². The Bertz CT molecular complexity index is 368. The van der Waals surface area contributed by atoms with E-state index in [9.17, 15) is 13.2 Å². The van der Waals surface area contributed by atoms with Gasteiger partial charge in [-0.2, -0.15) is 4.31 Å². The standard InChI is InChI=1S/C12H27N3O3S/c1-6-7-8-14(4)12(16)11-15(19(5,17)18)10-9-13(2)3/h6-11H2,1-5H3. The van der Waals surface area contributed by atoms with Crippen LogP contribution in [-0.2, 0) is 14.8 Å². The Morgan fingerprint density at radius 3 is 2.05 bits per heavy atom. The van der Waals surface area contributed by atoms with Crippen LogP contribution < -0.4 is 0 Å². The first-order chi connectivity index (χ1) is 8.68. The highest BCUT2D eigenvalue weighted by Gasteiger charge is 2.21. The molecule has 0 aliphatic carbocycles.